The number of thiazole rings is 1. The molecular weight excluding hydrogens is 376 g/mol. The monoisotopic (exact) mass is 394 g/mol. The van der Waals surface area contributed by atoms with Crippen molar-refractivity contribution < 1.29 is 9.47 Å². The molecule has 0 fully saturated rings. The summed E-state index contributed by atoms with van der Waals surface area (Å²) in [5, 5.41) is 15.3. The molecule has 132 valence electrons. The fourth-order valence-corrected chi connectivity index (χ4v) is 4.77. The van der Waals surface area contributed by atoms with E-state index in [1.54, 1.807) is 48.7 Å². The van der Waals surface area contributed by atoms with E-state index in [4.69, 9.17) is 14.5 Å². The number of methoxy groups -OCH3 is 2. The topological polar surface area (TPSA) is 69.2 Å². The maximum absolute atomic E-state index is 5.46. The number of aromatic nitrogens is 3. The Kier molecular flexibility index (Phi) is 6.11. The number of nitrogens with one attached hydrogen (secondary N) is 1. The molecule has 3 aromatic rings. The molecule has 0 saturated carbocycles. The van der Waals surface area contributed by atoms with Crippen LogP contribution < -0.4 is 14.8 Å². The van der Waals surface area contributed by atoms with Crippen LogP contribution in [0.15, 0.2) is 27.9 Å². The Hall–Kier alpha value is -1.84. The van der Waals surface area contributed by atoms with Crippen molar-refractivity contribution in [2.75, 3.05) is 26.1 Å². The molecule has 0 atom stereocenters. The number of benzene rings is 1. The lowest BCUT2D eigenvalue weighted by molar-refractivity contribution is 0.395. The van der Waals surface area contributed by atoms with Gasteiger partial charge >= 0.3 is 0 Å². The maximum atomic E-state index is 5.46. The third-order valence-electron chi connectivity index (χ3n) is 3.27. The van der Waals surface area contributed by atoms with Crippen LogP contribution >= 0.6 is 34.4 Å². The Morgan fingerprint density at radius 1 is 1.20 bits per heavy atom. The molecule has 0 aliphatic rings. The van der Waals surface area contributed by atoms with Crippen LogP contribution in [0.25, 0.3) is 10.6 Å². The normalized spacial score (nSPS) is 10.7. The molecule has 0 spiro atoms. The van der Waals surface area contributed by atoms with Gasteiger partial charge in [0, 0.05) is 23.7 Å². The van der Waals surface area contributed by atoms with E-state index < -0.39 is 0 Å². The molecule has 0 bridgehead atoms. The number of thioether (sulfide) groups is 1. The van der Waals surface area contributed by atoms with Crippen LogP contribution in [0, 0.1) is 0 Å². The lowest BCUT2D eigenvalue weighted by Gasteiger charge is -2.08. The average Bonchev–Trinajstić information content (AvgIpc) is 3.29. The van der Waals surface area contributed by atoms with Crippen LogP contribution in [-0.2, 0) is 5.75 Å². The van der Waals surface area contributed by atoms with Crippen LogP contribution in [0.4, 0.5) is 5.13 Å². The Morgan fingerprint density at radius 3 is 2.84 bits per heavy atom. The van der Waals surface area contributed by atoms with E-state index in [2.05, 4.69) is 20.9 Å². The van der Waals surface area contributed by atoms with E-state index in [0.29, 0.717) is 0 Å². The van der Waals surface area contributed by atoms with Gasteiger partial charge in [-0.3, -0.25) is 0 Å². The van der Waals surface area contributed by atoms with Crippen molar-refractivity contribution in [3.63, 3.8) is 0 Å². The summed E-state index contributed by atoms with van der Waals surface area (Å²) in [6, 6.07) is 5.76. The first-order chi connectivity index (χ1) is 12.2. The van der Waals surface area contributed by atoms with Crippen molar-refractivity contribution >= 4 is 39.6 Å². The van der Waals surface area contributed by atoms with Gasteiger partial charge in [0.25, 0.3) is 0 Å². The summed E-state index contributed by atoms with van der Waals surface area (Å²) in [6.45, 7) is 2.89. The van der Waals surface area contributed by atoms with E-state index >= 15 is 0 Å². The number of hydrogen-bond donors (Lipinski definition) is 1. The molecule has 9 heteroatoms. The first-order valence-corrected chi connectivity index (χ1v) is 10.3. The average molecular weight is 395 g/mol. The lowest BCUT2D eigenvalue weighted by atomic mass is 10.2. The van der Waals surface area contributed by atoms with E-state index in [1.807, 2.05) is 25.1 Å². The molecule has 3 rings (SSSR count). The Balaban J connectivity index is 1.69. The zero-order valence-electron chi connectivity index (χ0n) is 14.1. The highest BCUT2D eigenvalue weighted by atomic mass is 32.2. The molecule has 0 amide bonds. The van der Waals surface area contributed by atoms with Gasteiger partial charge in [-0.15, -0.1) is 21.5 Å². The molecule has 1 N–H and O–H groups in total. The van der Waals surface area contributed by atoms with Crippen molar-refractivity contribution in [2.45, 2.75) is 17.0 Å². The first kappa shape index (κ1) is 18.0. The summed E-state index contributed by atoms with van der Waals surface area (Å²) in [5.74, 6) is 2.28. The van der Waals surface area contributed by atoms with Gasteiger partial charge in [-0.1, -0.05) is 23.1 Å². The molecule has 0 saturated heterocycles. The minimum atomic E-state index is 0.757. The summed E-state index contributed by atoms with van der Waals surface area (Å²) in [4.78, 5) is 4.72. The van der Waals surface area contributed by atoms with Gasteiger partial charge in [0.2, 0.25) is 5.13 Å². The van der Waals surface area contributed by atoms with Gasteiger partial charge in [0.1, 0.15) is 16.5 Å². The highest BCUT2D eigenvalue weighted by molar-refractivity contribution is 8.00. The number of ether oxygens (including phenoxy) is 2. The molecule has 25 heavy (non-hydrogen) atoms. The third kappa shape index (κ3) is 4.42. The molecule has 2 aromatic heterocycles. The van der Waals surface area contributed by atoms with E-state index in [9.17, 15) is 0 Å². The number of nitrogens with zero attached hydrogens (tertiary/aromatic N) is 3. The molecule has 2 heterocycles. The zero-order chi connectivity index (χ0) is 17.6. The lowest BCUT2D eigenvalue weighted by Crippen LogP contribution is -1.94. The quantitative estimate of drug-likeness (QED) is 0.568. The molecule has 0 radical (unpaired) electrons. The molecule has 0 aliphatic carbocycles. The fourth-order valence-electron chi connectivity index (χ4n) is 2.10. The summed E-state index contributed by atoms with van der Waals surface area (Å²) >= 11 is 4.81. The highest BCUT2D eigenvalue weighted by Crippen LogP contribution is 2.36. The van der Waals surface area contributed by atoms with Gasteiger partial charge < -0.3 is 14.8 Å². The second-order valence-electron chi connectivity index (χ2n) is 4.90. The zero-order valence-corrected chi connectivity index (χ0v) is 16.6. The van der Waals surface area contributed by atoms with Crippen molar-refractivity contribution in [1.29, 1.82) is 0 Å². The predicted octanol–water partition coefficient (Wildman–Crippen LogP) is 4.40. The Labute approximate surface area is 158 Å². The van der Waals surface area contributed by atoms with E-state index in [1.165, 1.54) is 0 Å². The summed E-state index contributed by atoms with van der Waals surface area (Å²) in [7, 11) is 3.29. The van der Waals surface area contributed by atoms with Crippen molar-refractivity contribution in [2.24, 2.45) is 0 Å². The van der Waals surface area contributed by atoms with E-state index in [-0.39, 0.29) is 0 Å². The fraction of sp³-hybridized carbons (Fsp3) is 0.312. The summed E-state index contributed by atoms with van der Waals surface area (Å²) < 4.78 is 11.6. The SMILES string of the molecule is CCNc1nnc(SCc2csc(-c3ccc(OC)cc3OC)n2)s1. The van der Waals surface area contributed by atoms with Crippen molar-refractivity contribution in [1.82, 2.24) is 15.2 Å². The van der Waals surface area contributed by atoms with Crippen molar-refractivity contribution in [3.8, 4) is 22.1 Å². The molecule has 0 unspecified atom stereocenters. The van der Waals surface area contributed by atoms with Gasteiger partial charge in [-0.25, -0.2) is 4.98 Å². The molecule has 0 aliphatic heterocycles. The van der Waals surface area contributed by atoms with Crippen molar-refractivity contribution in [3.05, 3.63) is 29.3 Å². The Morgan fingerprint density at radius 2 is 2.08 bits per heavy atom. The summed E-state index contributed by atoms with van der Waals surface area (Å²) in [5.41, 5.74) is 1.98. The van der Waals surface area contributed by atoms with Crippen LogP contribution in [0.5, 0.6) is 11.5 Å². The minimum Gasteiger partial charge on any atom is -0.497 e. The minimum absolute atomic E-state index is 0.757. The van der Waals surface area contributed by atoms with Crippen LogP contribution in [0.2, 0.25) is 0 Å². The molecular formula is C16H18N4O2S3. The molecule has 6 nitrogen and oxygen atoms in total. The number of anilines is 1. The predicted molar refractivity (Wildman–Crippen MR) is 104 cm³/mol. The third-order valence-corrected chi connectivity index (χ3v) is 6.24. The largest absolute Gasteiger partial charge is 0.497 e. The van der Waals surface area contributed by atoms with Crippen LogP contribution in [0.1, 0.15) is 12.6 Å². The summed E-state index contributed by atoms with van der Waals surface area (Å²) in [6.07, 6.45) is 0. The maximum Gasteiger partial charge on any atom is 0.206 e. The van der Waals surface area contributed by atoms with Crippen LogP contribution in [-0.4, -0.2) is 35.9 Å². The number of hydrogen-bond acceptors (Lipinski definition) is 9. The second-order valence-corrected chi connectivity index (χ2v) is 7.96. The standard InChI is InChI=1S/C16H18N4O2S3/c1-4-17-15-19-20-16(25-15)24-9-10-8-23-14(18-10)12-6-5-11(21-2)7-13(12)22-3/h5-8H,4,9H2,1-3H3,(H,17,19). The van der Waals surface area contributed by atoms with Gasteiger partial charge in [0.15, 0.2) is 4.34 Å². The van der Waals surface area contributed by atoms with Gasteiger partial charge in [0.05, 0.1) is 25.5 Å². The number of rotatable bonds is 8. The van der Waals surface area contributed by atoms with E-state index in [0.717, 1.165) is 49.5 Å². The molecule has 1 aromatic carbocycles. The smallest absolute Gasteiger partial charge is 0.206 e. The highest BCUT2D eigenvalue weighted by Gasteiger charge is 2.12. The van der Waals surface area contributed by atoms with Crippen LogP contribution in [0.3, 0.4) is 0 Å². The van der Waals surface area contributed by atoms with Gasteiger partial charge in [-0.2, -0.15) is 0 Å². The first-order valence-electron chi connectivity index (χ1n) is 7.60. The Bertz CT molecular complexity index is 834. The van der Waals surface area contributed by atoms with Gasteiger partial charge in [-0.05, 0) is 19.1 Å². The second kappa shape index (κ2) is 8.50.